The molecule has 3 aromatic heterocycles. The number of pyridine rings is 1. The van der Waals surface area contributed by atoms with E-state index in [1.807, 2.05) is 57.2 Å². The lowest BCUT2D eigenvalue weighted by atomic mass is 10.1. The van der Waals surface area contributed by atoms with Gasteiger partial charge in [0.1, 0.15) is 16.9 Å². The van der Waals surface area contributed by atoms with Crippen LogP contribution in [0.1, 0.15) is 26.3 Å². The Hall–Kier alpha value is -3.88. The highest BCUT2D eigenvalue weighted by Crippen LogP contribution is 2.23. The van der Waals surface area contributed by atoms with Gasteiger partial charge in [-0.1, -0.05) is 0 Å². The number of hydrogen-bond acceptors (Lipinski definition) is 7. The summed E-state index contributed by atoms with van der Waals surface area (Å²) in [6.45, 7) is 6.46. The maximum absolute atomic E-state index is 12.4. The number of nitrogens with zero attached hydrogens (tertiary/aromatic N) is 4. The zero-order valence-corrected chi connectivity index (χ0v) is 17.8. The smallest absolute Gasteiger partial charge is 0.263 e. The number of hydrogen-bond donors (Lipinski definition) is 2. The van der Waals surface area contributed by atoms with Crippen LogP contribution in [0.3, 0.4) is 0 Å². The maximum atomic E-state index is 12.4. The molecule has 0 spiro atoms. The van der Waals surface area contributed by atoms with Gasteiger partial charge in [0.2, 0.25) is 11.8 Å². The first-order valence-electron chi connectivity index (χ1n) is 9.83. The van der Waals surface area contributed by atoms with Gasteiger partial charge in [0.05, 0.1) is 18.8 Å². The summed E-state index contributed by atoms with van der Waals surface area (Å²) in [5.74, 6) is 2.25. The van der Waals surface area contributed by atoms with Crippen molar-refractivity contribution in [1.29, 1.82) is 0 Å². The van der Waals surface area contributed by atoms with Crippen LogP contribution in [-0.4, -0.2) is 31.8 Å². The topological polar surface area (TPSA) is 107 Å². The van der Waals surface area contributed by atoms with Crippen molar-refractivity contribution in [3.8, 4) is 17.4 Å². The summed E-state index contributed by atoms with van der Waals surface area (Å²) in [5.41, 5.74) is 0.933. The number of rotatable bonds is 6. The van der Waals surface area contributed by atoms with Gasteiger partial charge in [0.15, 0.2) is 5.65 Å². The third kappa shape index (κ3) is 4.50. The number of aromatic nitrogens is 5. The van der Waals surface area contributed by atoms with E-state index in [-0.39, 0.29) is 11.1 Å². The number of anilines is 1. The largest absolute Gasteiger partial charge is 0.497 e. The van der Waals surface area contributed by atoms with E-state index in [2.05, 4.69) is 25.4 Å². The minimum atomic E-state index is -0.293. The molecule has 4 rings (SSSR count). The first-order chi connectivity index (χ1) is 14.8. The molecule has 0 radical (unpaired) electrons. The standard InChI is InChI=1S/C22H24N6O3/c1-22(2,3)28-19-17(13-25-28)20(29)27-21(26-19)24-12-14-9-10-23-18(11-14)31-16-7-5-15(30-4)6-8-16/h5-11,13H,12H2,1-4H3,(H2,24,26,27,29). The molecule has 0 fully saturated rings. The summed E-state index contributed by atoms with van der Waals surface area (Å²) in [6, 6.07) is 11.0. The Kier molecular flexibility index (Phi) is 5.33. The van der Waals surface area contributed by atoms with E-state index in [1.54, 1.807) is 24.2 Å². The van der Waals surface area contributed by atoms with Crippen LogP contribution in [0.25, 0.3) is 11.0 Å². The van der Waals surface area contributed by atoms with Crippen LogP contribution in [-0.2, 0) is 12.1 Å². The van der Waals surface area contributed by atoms with E-state index < -0.39 is 0 Å². The minimum Gasteiger partial charge on any atom is -0.497 e. The van der Waals surface area contributed by atoms with Crippen LogP contribution < -0.4 is 20.3 Å². The number of nitrogens with one attached hydrogen (secondary N) is 2. The van der Waals surface area contributed by atoms with Gasteiger partial charge in [-0.25, -0.2) is 9.67 Å². The summed E-state index contributed by atoms with van der Waals surface area (Å²) in [7, 11) is 1.62. The van der Waals surface area contributed by atoms with Crippen LogP contribution in [0.4, 0.5) is 5.95 Å². The van der Waals surface area contributed by atoms with Crippen molar-refractivity contribution in [3.05, 3.63) is 64.7 Å². The van der Waals surface area contributed by atoms with Gasteiger partial charge in [0, 0.05) is 18.8 Å². The molecule has 0 aliphatic carbocycles. The van der Waals surface area contributed by atoms with Gasteiger partial charge >= 0.3 is 0 Å². The molecule has 0 aliphatic rings. The van der Waals surface area contributed by atoms with E-state index in [0.29, 0.717) is 35.2 Å². The molecule has 0 saturated heterocycles. The predicted molar refractivity (Wildman–Crippen MR) is 118 cm³/mol. The zero-order valence-electron chi connectivity index (χ0n) is 17.8. The first-order valence-corrected chi connectivity index (χ1v) is 9.83. The van der Waals surface area contributed by atoms with Gasteiger partial charge in [-0.3, -0.25) is 9.78 Å². The molecule has 0 aliphatic heterocycles. The van der Waals surface area contributed by atoms with Crippen molar-refractivity contribution in [2.24, 2.45) is 0 Å². The van der Waals surface area contributed by atoms with Crippen molar-refractivity contribution in [2.45, 2.75) is 32.9 Å². The number of ether oxygens (including phenoxy) is 2. The number of benzene rings is 1. The van der Waals surface area contributed by atoms with E-state index in [9.17, 15) is 4.79 Å². The maximum Gasteiger partial charge on any atom is 0.263 e. The fourth-order valence-electron chi connectivity index (χ4n) is 3.06. The summed E-state index contributed by atoms with van der Waals surface area (Å²) in [6.07, 6.45) is 3.21. The highest BCUT2D eigenvalue weighted by molar-refractivity contribution is 5.74. The van der Waals surface area contributed by atoms with Gasteiger partial charge in [-0.05, 0) is 56.7 Å². The molecule has 4 aromatic rings. The van der Waals surface area contributed by atoms with Crippen LogP contribution >= 0.6 is 0 Å². The van der Waals surface area contributed by atoms with Crippen molar-refractivity contribution in [3.63, 3.8) is 0 Å². The zero-order chi connectivity index (χ0) is 22.0. The van der Waals surface area contributed by atoms with Gasteiger partial charge in [-0.2, -0.15) is 10.1 Å². The molecule has 9 heteroatoms. The Morgan fingerprint density at radius 3 is 2.58 bits per heavy atom. The normalized spacial score (nSPS) is 11.5. The van der Waals surface area contributed by atoms with Crippen LogP contribution in [0.2, 0.25) is 0 Å². The van der Waals surface area contributed by atoms with E-state index >= 15 is 0 Å². The molecule has 0 amide bonds. The predicted octanol–water partition coefficient (Wildman–Crippen LogP) is 3.68. The number of fused-ring (bicyclic) bond motifs is 1. The lowest BCUT2D eigenvalue weighted by molar-refractivity contribution is 0.366. The second-order valence-corrected chi connectivity index (χ2v) is 8.01. The molecular formula is C22H24N6O3. The quantitative estimate of drug-likeness (QED) is 0.490. The van der Waals surface area contributed by atoms with Crippen molar-refractivity contribution < 1.29 is 9.47 Å². The van der Waals surface area contributed by atoms with Crippen LogP contribution in [0.5, 0.6) is 17.4 Å². The SMILES string of the molecule is COc1ccc(Oc2cc(CNc3nc4c(cnn4C(C)(C)C)c(=O)[nH]3)ccn2)cc1. The molecule has 0 atom stereocenters. The summed E-state index contributed by atoms with van der Waals surface area (Å²) in [4.78, 5) is 24.0. The number of H-pyrrole nitrogens is 1. The lowest BCUT2D eigenvalue weighted by Crippen LogP contribution is -2.24. The molecule has 0 bridgehead atoms. The number of aromatic amines is 1. The van der Waals surface area contributed by atoms with E-state index in [0.717, 1.165) is 11.3 Å². The van der Waals surface area contributed by atoms with Gasteiger partial charge < -0.3 is 14.8 Å². The molecule has 0 saturated carbocycles. The average Bonchev–Trinajstić information content (AvgIpc) is 3.18. The molecular weight excluding hydrogens is 396 g/mol. The molecule has 9 nitrogen and oxygen atoms in total. The summed E-state index contributed by atoms with van der Waals surface area (Å²) in [5, 5.41) is 7.94. The Labute approximate surface area is 179 Å². The molecule has 0 unspecified atom stereocenters. The summed E-state index contributed by atoms with van der Waals surface area (Å²) < 4.78 is 12.7. The highest BCUT2D eigenvalue weighted by Gasteiger charge is 2.19. The fourth-order valence-corrected chi connectivity index (χ4v) is 3.06. The van der Waals surface area contributed by atoms with Crippen LogP contribution in [0.15, 0.2) is 53.6 Å². The summed E-state index contributed by atoms with van der Waals surface area (Å²) >= 11 is 0. The van der Waals surface area contributed by atoms with Gasteiger partial charge in [0.25, 0.3) is 5.56 Å². The fraction of sp³-hybridized carbons (Fsp3) is 0.273. The Bertz CT molecular complexity index is 1250. The van der Waals surface area contributed by atoms with Crippen molar-refractivity contribution in [1.82, 2.24) is 24.7 Å². The Balaban J connectivity index is 1.51. The molecule has 31 heavy (non-hydrogen) atoms. The Morgan fingerprint density at radius 1 is 1.13 bits per heavy atom. The third-order valence-electron chi connectivity index (χ3n) is 4.61. The second kappa shape index (κ2) is 8.10. The monoisotopic (exact) mass is 420 g/mol. The van der Waals surface area contributed by atoms with Crippen molar-refractivity contribution in [2.75, 3.05) is 12.4 Å². The lowest BCUT2D eigenvalue weighted by Gasteiger charge is -2.19. The second-order valence-electron chi connectivity index (χ2n) is 8.01. The molecule has 3 heterocycles. The first kappa shape index (κ1) is 20.4. The molecule has 2 N–H and O–H groups in total. The number of methoxy groups -OCH3 is 1. The average molecular weight is 420 g/mol. The molecule has 1 aromatic carbocycles. The minimum absolute atomic E-state index is 0.235. The van der Waals surface area contributed by atoms with Crippen molar-refractivity contribution >= 4 is 17.0 Å². The van der Waals surface area contributed by atoms with E-state index in [4.69, 9.17) is 9.47 Å². The van der Waals surface area contributed by atoms with E-state index in [1.165, 1.54) is 0 Å². The molecule has 160 valence electrons. The van der Waals surface area contributed by atoms with Crippen LogP contribution in [0, 0.1) is 0 Å². The van der Waals surface area contributed by atoms with Gasteiger partial charge in [-0.15, -0.1) is 0 Å². The third-order valence-corrected chi connectivity index (χ3v) is 4.61. The highest BCUT2D eigenvalue weighted by atomic mass is 16.5. The Morgan fingerprint density at radius 2 is 1.87 bits per heavy atom.